The number of ether oxygens (including phenoxy) is 1. The molecule has 1 heteroatoms. The van der Waals surface area contributed by atoms with Crippen LogP contribution in [0.5, 0.6) is 0 Å². The van der Waals surface area contributed by atoms with E-state index in [4.69, 9.17) is 4.74 Å². The average molecular weight is 268 g/mol. The maximum atomic E-state index is 6.43. The van der Waals surface area contributed by atoms with Crippen LogP contribution < -0.4 is 0 Å². The SMILES string of the molecule is C=C1CC[C@@]23CC[C@@H]1[C@]2(C)[C@@H](Cc1ccccc1)CO3. The fourth-order valence-electron chi connectivity index (χ4n) is 5.38. The lowest BCUT2D eigenvalue weighted by molar-refractivity contribution is -0.0634. The van der Waals surface area contributed by atoms with Gasteiger partial charge in [0.15, 0.2) is 0 Å². The molecule has 1 aromatic carbocycles. The van der Waals surface area contributed by atoms with Crippen LogP contribution in [0.2, 0.25) is 0 Å². The van der Waals surface area contributed by atoms with Gasteiger partial charge in [0.25, 0.3) is 0 Å². The van der Waals surface area contributed by atoms with Crippen molar-refractivity contribution < 1.29 is 4.74 Å². The van der Waals surface area contributed by atoms with Crippen LogP contribution in [-0.4, -0.2) is 12.2 Å². The molecule has 0 radical (unpaired) electrons. The number of hydrogen-bond acceptors (Lipinski definition) is 1. The molecule has 0 unspecified atom stereocenters. The molecule has 0 spiro atoms. The quantitative estimate of drug-likeness (QED) is 0.723. The fraction of sp³-hybridized carbons (Fsp3) is 0.579. The van der Waals surface area contributed by atoms with Crippen LogP contribution in [-0.2, 0) is 11.2 Å². The maximum absolute atomic E-state index is 6.43. The van der Waals surface area contributed by atoms with Gasteiger partial charge in [-0.2, -0.15) is 0 Å². The molecule has 0 amide bonds. The number of allylic oxidation sites excluding steroid dienone is 1. The molecule has 2 aliphatic carbocycles. The van der Waals surface area contributed by atoms with Crippen molar-refractivity contribution in [2.75, 3.05) is 6.61 Å². The highest BCUT2D eigenvalue weighted by molar-refractivity contribution is 5.27. The molecule has 1 heterocycles. The molecule has 1 aromatic rings. The van der Waals surface area contributed by atoms with Crippen molar-refractivity contribution in [2.45, 2.75) is 44.6 Å². The molecule has 4 atom stereocenters. The van der Waals surface area contributed by atoms with Gasteiger partial charge >= 0.3 is 0 Å². The third-order valence-electron chi connectivity index (χ3n) is 6.62. The van der Waals surface area contributed by atoms with Crippen LogP contribution in [0.25, 0.3) is 0 Å². The zero-order chi connectivity index (χ0) is 13.8. The predicted molar refractivity (Wildman–Crippen MR) is 81.5 cm³/mol. The minimum Gasteiger partial charge on any atom is -0.374 e. The lowest BCUT2D eigenvalue weighted by Gasteiger charge is -2.47. The minimum absolute atomic E-state index is 0.165. The Kier molecular flexibility index (Phi) is 2.66. The molecule has 3 fully saturated rings. The molecule has 1 aliphatic heterocycles. The molecule has 1 saturated heterocycles. The summed E-state index contributed by atoms with van der Waals surface area (Å²) in [6.07, 6.45) is 6.07. The molecular weight excluding hydrogens is 244 g/mol. The van der Waals surface area contributed by atoms with Gasteiger partial charge in [0.2, 0.25) is 0 Å². The van der Waals surface area contributed by atoms with Crippen LogP contribution in [0.1, 0.15) is 38.2 Å². The highest BCUT2D eigenvalue weighted by Crippen LogP contribution is 2.67. The molecule has 0 N–H and O–H groups in total. The minimum atomic E-state index is 0.165. The second kappa shape index (κ2) is 4.21. The predicted octanol–water partition coefficient (Wildman–Crippen LogP) is 4.38. The lowest BCUT2D eigenvalue weighted by atomic mass is 9.57. The van der Waals surface area contributed by atoms with E-state index in [-0.39, 0.29) is 5.60 Å². The number of hydrogen-bond donors (Lipinski definition) is 0. The summed E-state index contributed by atoms with van der Waals surface area (Å²) in [4.78, 5) is 0. The van der Waals surface area contributed by atoms with E-state index in [1.54, 1.807) is 0 Å². The zero-order valence-electron chi connectivity index (χ0n) is 12.4. The fourth-order valence-corrected chi connectivity index (χ4v) is 5.38. The van der Waals surface area contributed by atoms with Crippen molar-refractivity contribution >= 4 is 0 Å². The maximum Gasteiger partial charge on any atom is 0.0748 e. The third-order valence-corrected chi connectivity index (χ3v) is 6.62. The van der Waals surface area contributed by atoms with Crippen LogP contribution in [0.3, 0.4) is 0 Å². The lowest BCUT2D eigenvalue weighted by Crippen LogP contribution is -2.48. The normalized spacial score (nSPS) is 42.8. The Hall–Kier alpha value is -1.08. The molecule has 4 rings (SSSR count). The van der Waals surface area contributed by atoms with E-state index in [9.17, 15) is 0 Å². The van der Waals surface area contributed by atoms with Gasteiger partial charge < -0.3 is 4.74 Å². The Morgan fingerprint density at radius 1 is 1.25 bits per heavy atom. The Morgan fingerprint density at radius 3 is 2.85 bits per heavy atom. The van der Waals surface area contributed by atoms with E-state index < -0.39 is 0 Å². The summed E-state index contributed by atoms with van der Waals surface area (Å²) in [5, 5.41) is 0. The summed E-state index contributed by atoms with van der Waals surface area (Å²) in [6.45, 7) is 7.82. The molecule has 3 aliphatic rings. The molecular formula is C19H24O. The van der Waals surface area contributed by atoms with Gasteiger partial charge in [0.1, 0.15) is 0 Å². The van der Waals surface area contributed by atoms with Gasteiger partial charge in [0.05, 0.1) is 12.2 Å². The first-order valence-corrected chi connectivity index (χ1v) is 8.01. The first kappa shape index (κ1) is 12.6. The summed E-state index contributed by atoms with van der Waals surface area (Å²) in [7, 11) is 0. The summed E-state index contributed by atoms with van der Waals surface area (Å²) in [5.74, 6) is 1.34. The van der Waals surface area contributed by atoms with Crippen LogP contribution >= 0.6 is 0 Å². The van der Waals surface area contributed by atoms with Crippen molar-refractivity contribution in [2.24, 2.45) is 17.3 Å². The zero-order valence-corrected chi connectivity index (χ0v) is 12.4. The van der Waals surface area contributed by atoms with Crippen molar-refractivity contribution in [1.29, 1.82) is 0 Å². The van der Waals surface area contributed by atoms with E-state index >= 15 is 0 Å². The summed E-state index contributed by atoms with van der Waals surface area (Å²) < 4.78 is 6.43. The molecule has 2 bridgehead atoms. The van der Waals surface area contributed by atoms with Crippen molar-refractivity contribution in [3.63, 3.8) is 0 Å². The molecule has 0 aromatic heterocycles. The van der Waals surface area contributed by atoms with E-state index in [0.717, 1.165) is 13.0 Å². The van der Waals surface area contributed by atoms with Crippen molar-refractivity contribution in [3.05, 3.63) is 48.0 Å². The van der Waals surface area contributed by atoms with E-state index in [1.165, 1.54) is 36.8 Å². The molecule has 20 heavy (non-hydrogen) atoms. The summed E-state index contributed by atoms with van der Waals surface area (Å²) in [6, 6.07) is 10.9. The topological polar surface area (TPSA) is 9.23 Å². The van der Waals surface area contributed by atoms with Crippen LogP contribution in [0, 0.1) is 17.3 Å². The van der Waals surface area contributed by atoms with Gasteiger partial charge in [-0.1, -0.05) is 49.4 Å². The van der Waals surface area contributed by atoms with E-state index in [2.05, 4.69) is 43.8 Å². The van der Waals surface area contributed by atoms with Gasteiger partial charge in [-0.3, -0.25) is 0 Å². The average Bonchev–Trinajstić information content (AvgIpc) is 2.82. The highest BCUT2D eigenvalue weighted by Gasteiger charge is 2.67. The third kappa shape index (κ3) is 1.47. The van der Waals surface area contributed by atoms with Gasteiger partial charge in [-0.05, 0) is 49.5 Å². The second-order valence-corrected chi connectivity index (χ2v) is 7.22. The van der Waals surface area contributed by atoms with Gasteiger partial charge in [-0.25, -0.2) is 0 Å². The molecule has 2 saturated carbocycles. The smallest absolute Gasteiger partial charge is 0.0748 e. The molecule has 106 valence electrons. The second-order valence-electron chi connectivity index (χ2n) is 7.22. The Morgan fingerprint density at radius 2 is 2.05 bits per heavy atom. The van der Waals surface area contributed by atoms with Crippen molar-refractivity contribution in [3.8, 4) is 0 Å². The van der Waals surface area contributed by atoms with Crippen LogP contribution in [0.4, 0.5) is 0 Å². The standard InChI is InChI=1S/C19H24O/c1-14-8-10-19-11-9-17(14)18(19,2)16(13-20-19)12-15-6-4-3-5-7-15/h3-7,16-17H,1,8-13H2,2H3/t16-,17-,18-,19+/m0/s1. The number of rotatable bonds is 2. The molecule has 1 nitrogen and oxygen atoms in total. The summed E-state index contributed by atoms with van der Waals surface area (Å²) in [5.41, 5.74) is 3.43. The highest BCUT2D eigenvalue weighted by atomic mass is 16.5. The van der Waals surface area contributed by atoms with Crippen molar-refractivity contribution in [1.82, 2.24) is 0 Å². The van der Waals surface area contributed by atoms with Gasteiger partial charge in [-0.15, -0.1) is 0 Å². The summed E-state index contributed by atoms with van der Waals surface area (Å²) >= 11 is 0. The Bertz CT molecular complexity index is 534. The Labute approximate surface area is 122 Å². The van der Waals surface area contributed by atoms with E-state index in [0.29, 0.717) is 17.3 Å². The largest absolute Gasteiger partial charge is 0.374 e. The Balaban J connectivity index is 1.68. The first-order chi connectivity index (χ1) is 9.66. The van der Waals surface area contributed by atoms with Crippen LogP contribution in [0.15, 0.2) is 42.5 Å². The first-order valence-electron chi connectivity index (χ1n) is 8.01. The van der Waals surface area contributed by atoms with Gasteiger partial charge in [0, 0.05) is 5.41 Å². The number of benzene rings is 1. The monoisotopic (exact) mass is 268 g/mol. The van der Waals surface area contributed by atoms with E-state index in [1.807, 2.05) is 0 Å².